The molecule has 0 spiro atoms. The number of nitrogens with two attached hydrogens (primary N) is 1. The van der Waals surface area contributed by atoms with Crippen molar-refractivity contribution in [3.8, 4) is 0 Å². The van der Waals surface area contributed by atoms with Gasteiger partial charge in [0.25, 0.3) is 0 Å². The van der Waals surface area contributed by atoms with Crippen LogP contribution in [0, 0.1) is 0 Å². The van der Waals surface area contributed by atoms with E-state index in [1.165, 1.54) is 24.8 Å². The van der Waals surface area contributed by atoms with E-state index >= 15 is 0 Å². The topological polar surface area (TPSA) is 38.0 Å². The van der Waals surface area contributed by atoms with Crippen molar-refractivity contribution < 1.29 is 0 Å². The van der Waals surface area contributed by atoms with Crippen molar-refractivity contribution in [1.82, 2.24) is 5.32 Å². The van der Waals surface area contributed by atoms with Crippen molar-refractivity contribution in [2.24, 2.45) is 5.73 Å². The molecular weight excluding hydrogens is 232 g/mol. The number of unbranched alkanes of at least 4 members (excludes halogenated alkanes) is 1. The van der Waals surface area contributed by atoms with E-state index in [2.05, 4.69) is 17.4 Å². The molecule has 3 N–H and O–H groups in total. The largest absolute Gasteiger partial charge is 0.330 e. The van der Waals surface area contributed by atoms with Crippen LogP contribution in [-0.2, 0) is 0 Å². The van der Waals surface area contributed by atoms with Gasteiger partial charge in [-0.1, -0.05) is 23.7 Å². The van der Waals surface area contributed by atoms with Crippen LogP contribution in [0.2, 0.25) is 5.02 Å². The maximum Gasteiger partial charge on any atom is 0.0406 e. The minimum atomic E-state index is 0.702. The Labute approximate surface area is 109 Å². The summed E-state index contributed by atoms with van der Waals surface area (Å²) in [5, 5.41) is 4.41. The van der Waals surface area contributed by atoms with Gasteiger partial charge in [0, 0.05) is 11.1 Å². The molecule has 17 heavy (non-hydrogen) atoms. The van der Waals surface area contributed by atoms with Gasteiger partial charge >= 0.3 is 0 Å². The van der Waals surface area contributed by atoms with Gasteiger partial charge in [-0.3, -0.25) is 0 Å². The van der Waals surface area contributed by atoms with E-state index in [4.69, 9.17) is 17.3 Å². The molecule has 94 valence electrons. The molecule has 0 radical (unpaired) electrons. The zero-order chi connectivity index (χ0) is 12.1. The van der Waals surface area contributed by atoms with Gasteiger partial charge in [-0.15, -0.1) is 0 Å². The maximum atomic E-state index is 5.88. The highest BCUT2D eigenvalue weighted by atomic mass is 35.5. The van der Waals surface area contributed by atoms with Crippen LogP contribution in [0.15, 0.2) is 24.3 Å². The quantitative estimate of drug-likeness (QED) is 0.764. The van der Waals surface area contributed by atoms with Gasteiger partial charge in [-0.25, -0.2) is 0 Å². The Bertz CT molecular complexity index is 331. The second kappa shape index (κ2) is 6.39. The molecule has 0 bridgehead atoms. The van der Waals surface area contributed by atoms with Crippen LogP contribution in [0.5, 0.6) is 0 Å². The SMILES string of the molecule is NCCCCNC1CC(c2ccc(Cl)cc2)C1. The standard InChI is InChI=1S/C14H21ClN2/c15-13-5-3-11(4-6-13)12-9-14(10-12)17-8-2-1-7-16/h3-6,12,14,17H,1-2,7-10,16H2. The Kier molecular flexibility index (Phi) is 4.84. The summed E-state index contributed by atoms with van der Waals surface area (Å²) >= 11 is 5.88. The smallest absolute Gasteiger partial charge is 0.0406 e. The zero-order valence-corrected chi connectivity index (χ0v) is 10.9. The van der Waals surface area contributed by atoms with Gasteiger partial charge in [-0.2, -0.15) is 0 Å². The van der Waals surface area contributed by atoms with Gasteiger partial charge in [0.1, 0.15) is 0 Å². The van der Waals surface area contributed by atoms with Crippen LogP contribution in [0.25, 0.3) is 0 Å². The first-order chi connectivity index (χ1) is 8.29. The molecule has 1 aromatic carbocycles. The summed E-state index contributed by atoms with van der Waals surface area (Å²) in [4.78, 5) is 0. The highest BCUT2D eigenvalue weighted by Crippen LogP contribution is 2.37. The number of hydrogen-bond acceptors (Lipinski definition) is 2. The lowest BCUT2D eigenvalue weighted by molar-refractivity contribution is 0.290. The third-order valence-corrected chi connectivity index (χ3v) is 3.80. The monoisotopic (exact) mass is 252 g/mol. The summed E-state index contributed by atoms with van der Waals surface area (Å²) in [6.45, 7) is 1.91. The predicted molar refractivity (Wildman–Crippen MR) is 73.5 cm³/mol. The molecule has 1 fully saturated rings. The molecule has 0 heterocycles. The highest BCUT2D eigenvalue weighted by molar-refractivity contribution is 6.30. The Balaban J connectivity index is 1.66. The minimum Gasteiger partial charge on any atom is -0.330 e. The summed E-state index contributed by atoms with van der Waals surface area (Å²) in [5.74, 6) is 0.722. The maximum absolute atomic E-state index is 5.88. The van der Waals surface area contributed by atoms with Crippen LogP contribution in [0.3, 0.4) is 0 Å². The van der Waals surface area contributed by atoms with E-state index in [-0.39, 0.29) is 0 Å². The van der Waals surface area contributed by atoms with E-state index in [1.807, 2.05) is 12.1 Å². The van der Waals surface area contributed by atoms with Crippen LogP contribution in [0.4, 0.5) is 0 Å². The minimum absolute atomic E-state index is 0.702. The molecule has 2 nitrogen and oxygen atoms in total. The average molecular weight is 253 g/mol. The van der Waals surface area contributed by atoms with E-state index < -0.39 is 0 Å². The second-order valence-corrected chi connectivity index (χ2v) is 5.30. The fourth-order valence-electron chi connectivity index (χ4n) is 2.37. The Morgan fingerprint density at radius 1 is 1.18 bits per heavy atom. The highest BCUT2D eigenvalue weighted by Gasteiger charge is 2.29. The van der Waals surface area contributed by atoms with Gasteiger partial charge in [0.15, 0.2) is 0 Å². The molecule has 0 aliphatic heterocycles. The van der Waals surface area contributed by atoms with E-state index in [9.17, 15) is 0 Å². The number of hydrogen-bond donors (Lipinski definition) is 2. The number of rotatable bonds is 6. The van der Waals surface area contributed by atoms with Crippen LogP contribution < -0.4 is 11.1 Å². The van der Waals surface area contributed by atoms with E-state index in [1.54, 1.807) is 0 Å². The molecule has 0 aromatic heterocycles. The first-order valence-electron chi connectivity index (χ1n) is 6.48. The third-order valence-electron chi connectivity index (χ3n) is 3.54. The number of benzene rings is 1. The lowest BCUT2D eigenvalue weighted by atomic mass is 9.76. The predicted octanol–water partition coefficient (Wildman–Crippen LogP) is 2.91. The Morgan fingerprint density at radius 3 is 2.53 bits per heavy atom. The van der Waals surface area contributed by atoms with Gasteiger partial charge in [0.05, 0.1) is 0 Å². The molecule has 2 rings (SSSR count). The summed E-state index contributed by atoms with van der Waals surface area (Å²) < 4.78 is 0. The van der Waals surface area contributed by atoms with Crippen LogP contribution in [0.1, 0.15) is 37.2 Å². The first-order valence-corrected chi connectivity index (χ1v) is 6.86. The third kappa shape index (κ3) is 3.70. The molecule has 3 heteroatoms. The molecular formula is C14H21ClN2. The van der Waals surface area contributed by atoms with E-state index in [0.29, 0.717) is 6.04 Å². The lowest BCUT2D eigenvalue weighted by Crippen LogP contribution is -2.40. The zero-order valence-electron chi connectivity index (χ0n) is 10.2. The van der Waals surface area contributed by atoms with Gasteiger partial charge in [0.2, 0.25) is 0 Å². The van der Waals surface area contributed by atoms with Crippen molar-refractivity contribution in [2.45, 2.75) is 37.6 Å². The summed E-state index contributed by atoms with van der Waals surface area (Å²) in [6.07, 6.45) is 4.83. The summed E-state index contributed by atoms with van der Waals surface area (Å²) in [6, 6.07) is 8.97. The number of nitrogens with one attached hydrogen (secondary N) is 1. The summed E-state index contributed by atoms with van der Waals surface area (Å²) in [7, 11) is 0. The fraction of sp³-hybridized carbons (Fsp3) is 0.571. The van der Waals surface area contributed by atoms with Gasteiger partial charge < -0.3 is 11.1 Å². The summed E-state index contributed by atoms with van der Waals surface area (Å²) in [5.41, 5.74) is 6.89. The lowest BCUT2D eigenvalue weighted by Gasteiger charge is -2.36. The average Bonchev–Trinajstić information content (AvgIpc) is 2.28. The fourth-order valence-corrected chi connectivity index (χ4v) is 2.49. The molecule has 1 aliphatic carbocycles. The Morgan fingerprint density at radius 2 is 1.88 bits per heavy atom. The van der Waals surface area contributed by atoms with Crippen molar-refractivity contribution in [3.05, 3.63) is 34.9 Å². The second-order valence-electron chi connectivity index (χ2n) is 4.87. The van der Waals surface area contributed by atoms with Crippen molar-refractivity contribution in [2.75, 3.05) is 13.1 Å². The molecule has 0 unspecified atom stereocenters. The van der Waals surface area contributed by atoms with Crippen LogP contribution >= 0.6 is 11.6 Å². The molecule has 1 aliphatic rings. The van der Waals surface area contributed by atoms with Crippen molar-refractivity contribution >= 4 is 11.6 Å². The first kappa shape index (κ1) is 12.9. The Hall–Kier alpha value is -0.570. The van der Waals surface area contributed by atoms with Crippen molar-refractivity contribution in [1.29, 1.82) is 0 Å². The normalized spacial score (nSPS) is 23.4. The van der Waals surface area contributed by atoms with Crippen molar-refractivity contribution in [3.63, 3.8) is 0 Å². The molecule has 0 atom stereocenters. The van der Waals surface area contributed by atoms with Gasteiger partial charge in [-0.05, 0) is 62.4 Å². The van der Waals surface area contributed by atoms with Crippen LogP contribution in [-0.4, -0.2) is 19.1 Å². The molecule has 1 aromatic rings. The van der Waals surface area contributed by atoms with E-state index in [0.717, 1.165) is 30.5 Å². The number of halogens is 1. The molecule has 0 amide bonds. The molecule has 1 saturated carbocycles. The molecule has 0 saturated heterocycles.